The van der Waals surface area contributed by atoms with Gasteiger partial charge in [-0.3, -0.25) is 9.69 Å². The van der Waals surface area contributed by atoms with E-state index in [9.17, 15) is 22.0 Å². The fraction of sp³-hybridized carbons (Fsp3) is 0.417. The minimum absolute atomic E-state index is 0.0189. The Hall–Kier alpha value is -2.18. The van der Waals surface area contributed by atoms with Crippen LogP contribution in [0.5, 0.6) is 0 Å². The number of amides is 1. The van der Waals surface area contributed by atoms with Crippen molar-refractivity contribution in [3.63, 3.8) is 0 Å². The summed E-state index contributed by atoms with van der Waals surface area (Å²) in [5.74, 6) is -2.13. The maximum Gasteiger partial charge on any atom is 0.243 e. The minimum Gasteiger partial charge on any atom is -0.376 e. The molecule has 192 valence electrons. The van der Waals surface area contributed by atoms with Crippen molar-refractivity contribution < 1.29 is 26.7 Å². The summed E-state index contributed by atoms with van der Waals surface area (Å²) in [5.41, 5.74) is 0.0189. The third-order valence-electron chi connectivity index (χ3n) is 6.56. The number of hydrogen-bond acceptors (Lipinski definition) is 6. The second kappa shape index (κ2) is 10.3. The van der Waals surface area contributed by atoms with Crippen molar-refractivity contribution in [2.75, 3.05) is 31.1 Å². The molecule has 36 heavy (non-hydrogen) atoms. The number of anilines is 1. The van der Waals surface area contributed by atoms with Crippen LogP contribution in [0.1, 0.15) is 25.7 Å². The van der Waals surface area contributed by atoms with Gasteiger partial charge >= 0.3 is 0 Å². The van der Waals surface area contributed by atoms with Gasteiger partial charge in [0.25, 0.3) is 0 Å². The molecule has 1 aromatic heterocycles. The Kier molecular flexibility index (Phi) is 7.28. The number of fused-ring (bicyclic) bond motifs is 1. The third kappa shape index (κ3) is 5.12. The number of sulfonamides is 1. The average Bonchev–Trinajstić information content (AvgIpc) is 3.52. The van der Waals surface area contributed by atoms with E-state index in [0.29, 0.717) is 29.2 Å². The second-order valence-corrected chi connectivity index (χ2v) is 12.3. The number of thiazole rings is 1. The number of piperidine rings is 1. The van der Waals surface area contributed by atoms with Crippen LogP contribution in [-0.4, -0.2) is 56.0 Å². The molecule has 0 spiro atoms. The smallest absolute Gasteiger partial charge is 0.243 e. The molecule has 7 nitrogen and oxygen atoms in total. The van der Waals surface area contributed by atoms with E-state index in [2.05, 4.69) is 4.98 Å². The zero-order valence-corrected chi connectivity index (χ0v) is 21.6. The first kappa shape index (κ1) is 25.5. The number of carbonyl (C=O) groups excluding carboxylic acids is 1. The highest BCUT2D eigenvalue weighted by Gasteiger charge is 2.36. The van der Waals surface area contributed by atoms with E-state index in [4.69, 9.17) is 16.3 Å². The molecule has 1 amide bonds. The van der Waals surface area contributed by atoms with E-state index in [1.54, 1.807) is 0 Å². The molecule has 5 rings (SSSR count). The van der Waals surface area contributed by atoms with E-state index in [-0.39, 0.29) is 47.2 Å². The predicted molar refractivity (Wildman–Crippen MR) is 134 cm³/mol. The van der Waals surface area contributed by atoms with Gasteiger partial charge in [-0.05, 0) is 56.0 Å². The van der Waals surface area contributed by atoms with Gasteiger partial charge in [0.2, 0.25) is 15.9 Å². The lowest BCUT2D eigenvalue weighted by Crippen LogP contribution is -2.46. The van der Waals surface area contributed by atoms with Crippen LogP contribution in [-0.2, 0) is 19.6 Å². The van der Waals surface area contributed by atoms with E-state index < -0.39 is 27.6 Å². The van der Waals surface area contributed by atoms with Crippen molar-refractivity contribution in [2.24, 2.45) is 5.92 Å². The van der Waals surface area contributed by atoms with Gasteiger partial charge in [-0.2, -0.15) is 4.31 Å². The van der Waals surface area contributed by atoms with E-state index in [1.807, 2.05) is 0 Å². The van der Waals surface area contributed by atoms with Crippen molar-refractivity contribution in [1.82, 2.24) is 9.29 Å². The van der Waals surface area contributed by atoms with Crippen molar-refractivity contribution in [1.29, 1.82) is 0 Å². The molecule has 1 unspecified atom stereocenters. The zero-order chi connectivity index (χ0) is 25.4. The molecule has 2 fully saturated rings. The lowest BCUT2D eigenvalue weighted by Gasteiger charge is -2.33. The van der Waals surface area contributed by atoms with Crippen LogP contribution in [0, 0.1) is 17.6 Å². The van der Waals surface area contributed by atoms with Crippen LogP contribution in [0.4, 0.5) is 13.9 Å². The first-order chi connectivity index (χ1) is 17.2. The summed E-state index contributed by atoms with van der Waals surface area (Å²) in [5, 5.41) is 0.730. The van der Waals surface area contributed by atoms with E-state index >= 15 is 0 Å². The second-order valence-electron chi connectivity index (χ2n) is 8.95. The number of halogens is 3. The topological polar surface area (TPSA) is 79.8 Å². The first-order valence-electron chi connectivity index (χ1n) is 11.7. The summed E-state index contributed by atoms with van der Waals surface area (Å²) in [6.45, 7) is 1.24. The summed E-state index contributed by atoms with van der Waals surface area (Å²) < 4.78 is 61.5. The number of rotatable bonds is 6. The van der Waals surface area contributed by atoms with Crippen molar-refractivity contribution >= 4 is 54.2 Å². The van der Waals surface area contributed by atoms with E-state index in [1.165, 1.54) is 39.5 Å². The molecule has 1 atom stereocenters. The maximum atomic E-state index is 14.3. The molecule has 2 aliphatic heterocycles. The number of ether oxygens (including phenoxy) is 1. The lowest BCUT2D eigenvalue weighted by atomic mass is 9.96. The first-order valence-corrected chi connectivity index (χ1v) is 14.3. The summed E-state index contributed by atoms with van der Waals surface area (Å²) in [6.07, 6.45) is 2.17. The normalized spacial score (nSPS) is 19.7. The van der Waals surface area contributed by atoms with Gasteiger partial charge < -0.3 is 4.74 Å². The summed E-state index contributed by atoms with van der Waals surface area (Å²) >= 11 is 6.94. The lowest BCUT2D eigenvalue weighted by molar-refractivity contribution is -0.123. The summed E-state index contributed by atoms with van der Waals surface area (Å²) in [4.78, 5) is 19.6. The fourth-order valence-corrected chi connectivity index (χ4v) is 7.25. The van der Waals surface area contributed by atoms with Crippen LogP contribution in [0.25, 0.3) is 10.2 Å². The van der Waals surface area contributed by atoms with Crippen LogP contribution < -0.4 is 4.90 Å². The molecule has 2 aromatic carbocycles. The highest BCUT2D eigenvalue weighted by Crippen LogP contribution is 2.34. The third-order valence-corrected chi connectivity index (χ3v) is 9.75. The highest BCUT2D eigenvalue weighted by molar-refractivity contribution is 7.89. The molecule has 0 saturated carbocycles. The quantitative estimate of drug-likeness (QED) is 0.435. The predicted octanol–water partition coefficient (Wildman–Crippen LogP) is 4.84. The molecule has 3 heterocycles. The summed E-state index contributed by atoms with van der Waals surface area (Å²) in [7, 11) is -3.70. The molecule has 2 saturated heterocycles. The zero-order valence-electron chi connectivity index (χ0n) is 19.2. The molecular formula is C24H24ClF2N3O4S2. The van der Waals surface area contributed by atoms with Gasteiger partial charge in [-0.1, -0.05) is 22.9 Å². The van der Waals surface area contributed by atoms with Crippen LogP contribution >= 0.6 is 22.9 Å². The Bertz CT molecular complexity index is 1370. The monoisotopic (exact) mass is 555 g/mol. The summed E-state index contributed by atoms with van der Waals surface area (Å²) in [6, 6.07) is 7.96. The average molecular weight is 556 g/mol. The number of benzene rings is 2. The minimum atomic E-state index is -3.70. The molecule has 0 aliphatic carbocycles. The Morgan fingerprint density at radius 2 is 1.89 bits per heavy atom. The molecule has 3 aromatic rings. The van der Waals surface area contributed by atoms with Gasteiger partial charge in [0.05, 0.1) is 22.2 Å². The van der Waals surface area contributed by atoms with Gasteiger partial charge in [0.15, 0.2) is 10.9 Å². The van der Waals surface area contributed by atoms with Crippen LogP contribution in [0.15, 0.2) is 41.3 Å². The van der Waals surface area contributed by atoms with Gasteiger partial charge in [0.1, 0.15) is 11.3 Å². The molecule has 12 heteroatoms. The van der Waals surface area contributed by atoms with Crippen LogP contribution in [0.2, 0.25) is 5.02 Å². The molecule has 0 N–H and O–H groups in total. The number of nitrogens with zero attached hydrogens (tertiary/aromatic N) is 3. The standard InChI is InChI=1S/C24H24ClF2N3O4S2/c25-16-3-5-19(6-4-16)36(32,33)29-9-7-15(8-10-29)23(31)30(14-18-2-1-11-34-18)24-28-22-20(27)12-17(26)13-21(22)35-24/h3-6,12-13,15,18H,1-2,7-11,14H2. The Morgan fingerprint density at radius 3 is 2.56 bits per heavy atom. The van der Waals surface area contributed by atoms with E-state index in [0.717, 1.165) is 30.2 Å². The molecular weight excluding hydrogens is 532 g/mol. The SMILES string of the molecule is O=C(C1CCN(S(=O)(=O)c2ccc(Cl)cc2)CC1)N(CC1CCCO1)c1nc2c(F)cc(F)cc2s1. The highest BCUT2D eigenvalue weighted by atomic mass is 35.5. The van der Waals surface area contributed by atoms with Crippen molar-refractivity contribution in [3.8, 4) is 0 Å². The number of hydrogen-bond donors (Lipinski definition) is 0. The Labute approximate surface area is 216 Å². The largest absolute Gasteiger partial charge is 0.376 e. The number of carbonyl (C=O) groups is 1. The maximum absolute atomic E-state index is 14.3. The van der Waals surface area contributed by atoms with Gasteiger partial charge in [-0.25, -0.2) is 22.2 Å². The van der Waals surface area contributed by atoms with Crippen LogP contribution in [0.3, 0.4) is 0 Å². The Balaban J connectivity index is 1.35. The van der Waals surface area contributed by atoms with Gasteiger partial charge in [0, 0.05) is 36.7 Å². The fourth-order valence-electron chi connectivity index (χ4n) is 4.63. The Morgan fingerprint density at radius 1 is 1.17 bits per heavy atom. The molecule has 2 aliphatic rings. The van der Waals surface area contributed by atoms with Crippen molar-refractivity contribution in [2.45, 2.75) is 36.7 Å². The van der Waals surface area contributed by atoms with Gasteiger partial charge in [-0.15, -0.1) is 0 Å². The molecule has 0 bridgehead atoms. The molecule has 0 radical (unpaired) electrons. The van der Waals surface area contributed by atoms with Crippen molar-refractivity contribution in [3.05, 3.63) is 53.1 Å². The number of aromatic nitrogens is 1.